The number of rotatable bonds is 6. The van der Waals surface area contributed by atoms with Crippen LogP contribution in [0.1, 0.15) is 18.3 Å². The van der Waals surface area contributed by atoms with Gasteiger partial charge in [0.15, 0.2) is 5.85 Å². The van der Waals surface area contributed by atoms with Crippen LogP contribution in [0.15, 0.2) is 24.3 Å². The van der Waals surface area contributed by atoms with E-state index in [0.29, 0.717) is 12.2 Å². The van der Waals surface area contributed by atoms with Gasteiger partial charge in [0.1, 0.15) is 0 Å². The highest BCUT2D eigenvalue weighted by molar-refractivity contribution is 7.52. The highest BCUT2D eigenvalue weighted by atomic mass is 31.2. The van der Waals surface area contributed by atoms with Crippen LogP contribution in [0, 0.1) is 6.07 Å². The molecule has 0 bridgehead atoms. The molecule has 1 aromatic carbocycles. The van der Waals surface area contributed by atoms with E-state index in [2.05, 4.69) is 15.6 Å². The van der Waals surface area contributed by atoms with Crippen LogP contribution >= 0.6 is 7.60 Å². The van der Waals surface area contributed by atoms with Crippen LogP contribution in [0.5, 0.6) is 0 Å². The Hall–Kier alpha value is -0.710. The van der Waals surface area contributed by atoms with Gasteiger partial charge in [-0.3, -0.25) is 4.57 Å². The number of hydrogen-bond donors (Lipinski definition) is 1. The normalized spacial score (nSPS) is 16.7. The summed E-state index contributed by atoms with van der Waals surface area (Å²) in [6.07, 6.45) is 0. The second-order valence-electron chi connectivity index (χ2n) is 2.95. The zero-order valence-electron chi connectivity index (χ0n) is 9.12. The first-order valence-corrected chi connectivity index (χ1v) is 6.39. The maximum absolute atomic E-state index is 11.8. The molecule has 6 heteroatoms. The average Bonchev–Trinajstić information content (AvgIpc) is 2.27. The summed E-state index contributed by atoms with van der Waals surface area (Å²) in [5.74, 6) is -1.05. The van der Waals surface area contributed by atoms with Crippen LogP contribution in [-0.4, -0.2) is 18.6 Å². The van der Waals surface area contributed by atoms with Crippen molar-refractivity contribution in [3.63, 3.8) is 0 Å². The maximum Gasteiger partial charge on any atom is 0.387 e. The van der Waals surface area contributed by atoms with E-state index in [1.807, 2.05) is 0 Å². The molecular formula is C10H14O5P. The molecule has 1 aromatic rings. The topological polar surface area (TPSA) is 65.0 Å². The zero-order valence-corrected chi connectivity index (χ0v) is 10.0. The molecular weight excluding hydrogens is 231 g/mol. The quantitative estimate of drug-likeness (QED) is 0.473. The molecule has 0 aliphatic carbocycles. The van der Waals surface area contributed by atoms with Crippen molar-refractivity contribution < 1.29 is 23.8 Å². The van der Waals surface area contributed by atoms with E-state index >= 15 is 0 Å². The molecule has 0 saturated carbocycles. The molecule has 0 heterocycles. The molecule has 0 saturated heterocycles. The standard InChI is InChI=1S/C10H14O5P/c1-3-14-10(16(11,12)15-13-2)9-7-5-4-6-8-9/h5-8,10H,3H2,1-2H3,(H,11,12). The summed E-state index contributed by atoms with van der Waals surface area (Å²) in [6.45, 7) is 2.02. The molecule has 89 valence electrons. The third-order valence-electron chi connectivity index (χ3n) is 1.83. The Balaban J connectivity index is 2.95. The summed E-state index contributed by atoms with van der Waals surface area (Å²) in [5, 5.41) is 0. The van der Waals surface area contributed by atoms with Crippen molar-refractivity contribution in [2.75, 3.05) is 13.7 Å². The summed E-state index contributed by atoms with van der Waals surface area (Å²) in [4.78, 5) is 13.9. The van der Waals surface area contributed by atoms with Gasteiger partial charge in [-0.05, 0) is 18.6 Å². The van der Waals surface area contributed by atoms with Gasteiger partial charge in [0, 0.05) is 6.61 Å². The van der Waals surface area contributed by atoms with E-state index in [0.717, 1.165) is 0 Å². The molecule has 1 radical (unpaired) electrons. The first-order chi connectivity index (χ1) is 7.61. The summed E-state index contributed by atoms with van der Waals surface area (Å²) >= 11 is 0. The minimum atomic E-state index is -4.00. The Bertz CT molecular complexity index is 353. The van der Waals surface area contributed by atoms with E-state index in [1.54, 1.807) is 31.2 Å². The van der Waals surface area contributed by atoms with Gasteiger partial charge in [-0.25, -0.2) is 4.89 Å². The molecule has 16 heavy (non-hydrogen) atoms. The largest absolute Gasteiger partial charge is 0.387 e. The fourth-order valence-electron chi connectivity index (χ4n) is 1.25. The van der Waals surface area contributed by atoms with Gasteiger partial charge in [-0.2, -0.15) is 0 Å². The number of hydrogen-bond acceptors (Lipinski definition) is 4. The first-order valence-electron chi connectivity index (χ1n) is 4.74. The van der Waals surface area contributed by atoms with E-state index in [4.69, 9.17) is 4.74 Å². The Kier molecular flexibility index (Phi) is 5.12. The van der Waals surface area contributed by atoms with Crippen LogP contribution in [-0.2, 0) is 18.9 Å². The SMILES string of the molecule is CCOC(c1cc[c]cc1)P(=O)(O)OOC. The first kappa shape index (κ1) is 13.4. The summed E-state index contributed by atoms with van der Waals surface area (Å²) in [5.41, 5.74) is 0.545. The van der Waals surface area contributed by atoms with Gasteiger partial charge in [-0.15, -0.1) is 4.67 Å². The predicted octanol–water partition coefficient (Wildman–Crippen LogP) is 2.29. The lowest BCUT2D eigenvalue weighted by atomic mass is 10.2. The molecule has 0 aliphatic rings. The second kappa shape index (κ2) is 6.13. The molecule has 0 aliphatic heterocycles. The monoisotopic (exact) mass is 245 g/mol. The molecule has 1 rings (SSSR count). The van der Waals surface area contributed by atoms with Gasteiger partial charge >= 0.3 is 7.60 Å². The zero-order chi connectivity index (χ0) is 12.0. The summed E-state index contributed by atoms with van der Waals surface area (Å²) < 4.78 is 21.4. The molecule has 1 N–H and O–H groups in total. The fourth-order valence-corrected chi connectivity index (χ4v) is 2.43. The summed E-state index contributed by atoms with van der Waals surface area (Å²) in [6, 6.07) is 9.36. The van der Waals surface area contributed by atoms with Crippen LogP contribution in [0.4, 0.5) is 0 Å². The highest BCUT2D eigenvalue weighted by Gasteiger charge is 2.35. The van der Waals surface area contributed by atoms with Gasteiger partial charge in [-0.1, -0.05) is 24.3 Å². The van der Waals surface area contributed by atoms with E-state index in [1.165, 1.54) is 7.11 Å². The third kappa shape index (κ3) is 3.40. The molecule has 0 fully saturated rings. The van der Waals surface area contributed by atoms with Crippen molar-refractivity contribution in [2.24, 2.45) is 0 Å². The van der Waals surface area contributed by atoms with Crippen LogP contribution in [0.3, 0.4) is 0 Å². The Morgan fingerprint density at radius 3 is 2.62 bits per heavy atom. The summed E-state index contributed by atoms with van der Waals surface area (Å²) in [7, 11) is -2.83. The van der Waals surface area contributed by atoms with Gasteiger partial charge in [0.05, 0.1) is 7.11 Å². The van der Waals surface area contributed by atoms with Crippen molar-refractivity contribution in [3.8, 4) is 0 Å². The molecule has 0 aromatic heterocycles. The van der Waals surface area contributed by atoms with Crippen LogP contribution in [0.2, 0.25) is 0 Å². The molecule has 0 amide bonds. The van der Waals surface area contributed by atoms with Crippen molar-refractivity contribution in [1.82, 2.24) is 0 Å². The minimum absolute atomic E-state index is 0.293. The van der Waals surface area contributed by atoms with E-state index in [9.17, 15) is 9.46 Å². The highest BCUT2D eigenvalue weighted by Crippen LogP contribution is 2.57. The van der Waals surface area contributed by atoms with Gasteiger partial charge in [0.25, 0.3) is 0 Å². The molecule has 0 spiro atoms. The predicted molar refractivity (Wildman–Crippen MR) is 57.6 cm³/mol. The third-order valence-corrected chi connectivity index (χ3v) is 3.23. The Morgan fingerprint density at radius 1 is 1.50 bits per heavy atom. The van der Waals surface area contributed by atoms with Crippen LogP contribution in [0.25, 0.3) is 0 Å². The Labute approximate surface area is 94.4 Å². The smallest absolute Gasteiger partial charge is 0.361 e. The van der Waals surface area contributed by atoms with Crippen molar-refractivity contribution in [1.29, 1.82) is 0 Å². The van der Waals surface area contributed by atoms with Gasteiger partial charge in [0.2, 0.25) is 0 Å². The van der Waals surface area contributed by atoms with Crippen molar-refractivity contribution in [2.45, 2.75) is 12.8 Å². The maximum atomic E-state index is 11.8. The molecule has 2 atom stereocenters. The van der Waals surface area contributed by atoms with Crippen molar-refractivity contribution >= 4 is 7.60 Å². The lowest BCUT2D eigenvalue weighted by Gasteiger charge is -2.20. The second-order valence-corrected chi connectivity index (χ2v) is 4.69. The fraction of sp³-hybridized carbons (Fsp3) is 0.400. The van der Waals surface area contributed by atoms with E-state index < -0.39 is 13.4 Å². The van der Waals surface area contributed by atoms with Gasteiger partial charge < -0.3 is 9.63 Å². The average molecular weight is 245 g/mol. The molecule has 2 unspecified atom stereocenters. The van der Waals surface area contributed by atoms with E-state index in [-0.39, 0.29) is 0 Å². The van der Waals surface area contributed by atoms with Crippen molar-refractivity contribution in [3.05, 3.63) is 35.9 Å². The number of ether oxygens (including phenoxy) is 1. The number of benzene rings is 1. The molecule has 5 nitrogen and oxygen atoms in total. The van der Waals surface area contributed by atoms with Crippen LogP contribution < -0.4 is 0 Å². The lowest BCUT2D eigenvalue weighted by molar-refractivity contribution is -0.190. The lowest BCUT2D eigenvalue weighted by Crippen LogP contribution is -2.07. The minimum Gasteiger partial charge on any atom is -0.361 e. The Morgan fingerprint density at radius 2 is 2.12 bits per heavy atom.